The van der Waals surface area contributed by atoms with Gasteiger partial charge in [0.05, 0.1) is 24.1 Å². The summed E-state index contributed by atoms with van der Waals surface area (Å²) < 4.78 is 4.98. The smallest absolute Gasteiger partial charge is 0.308 e. The Morgan fingerprint density at radius 1 is 0.891 bits per heavy atom. The highest BCUT2D eigenvalue weighted by Gasteiger charge is 2.38. The van der Waals surface area contributed by atoms with Crippen LogP contribution in [0.3, 0.4) is 0 Å². The number of nitrogens with zero attached hydrogens (tertiary/aromatic N) is 3. The van der Waals surface area contributed by atoms with E-state index in [4.69, 9.17) is 9.72 Å². The van der Waals surface area contributed by atoms with E-state index in [-0.39, 0.29) is 83.6 Å². The minimum atomic E-state index is -0.383. The number of carbonyl (C=O) groups is 4. The number of aromatic nitrogens is 1. The number of benzene rings is 1. The van der Waals surface area contributed by atoms with Gasteiger partial charge in [-0.15, -0.1) is 11.3 Å². The van der Waals surface area contributed by atoms with Gasteiger partial charge in [-0.05, 0) is 69.5 Å². The van der Waals surface area contributed by atoms with Crippen LogP contribution >= 0.6 is 11.3 Å². The number of methoxy groups -OCH3 is 1. The molecule has 0 saturated carbocycles. The fourth-order valence-electron chi connectivity index (χ4n) is 7.88. The van der Waals surface area contributed by atoms with Crippen molar-refractivity contribution in [1.29, 1.82) is 0 Å². The number of ketones is 1. The quantitative estimate of drug-likeness (QED) is 0.0949. The Morgan fingerprint density at radius 3 is 2.09 bits per heavy atom. The minimum Gasteiger partial charge on any atom is -0.469 e. The lowest BCUT2D eigenvalue weighted by atomic mass is 9.81. The molecule has 0 spiro atoms. The molecule has 1 heterocycles. The summed E-state index contributed by atoms with van der Waals surface area (Å²) in [5.41, 5.74) is 1.45. The summed E-state index contributed by atoms with van der Waals surface area (Å²) in [7, 11) is 5.31. The second-order valence-electron chi connectivity index (χ2n) is 16.5. The predicted octanol–water partition coefficient (Wildman–Crippen LogP) is 9.21. The lowest BCUT2D eigenvalue weighted by molar-refractivity contribution is -0.145. The van der Waals surface area contributed by atoms with Gasteiger partial charge >= 0.3 is 5.97 Å². The molecule has 1 N–H and O–H groups in total. The molecular formula is C45H74N4O5S. The third-order valence-electron chi connectivity index (χ3n) is 11.5. The maximum Gasteiger partial charge on any atom is 0.308 e. The standard InChI is InChI=1S/C45H74N4O5S/c1-13-17-23-35(43-47-38(29-55-43)42(51)46-36(25-33(9)45(53)54-12)26-34-21-19-18-20-22-34)27-39(30(5)6)49(24-14-2)44(52)37(31(7)15-3)28-40(50)41(48(10)11)32(8)16-4/h18-22,29-33,35-37,39,41H,13-17,23-28H2,1-12H3,(H,46,51)/t31-,32-,33-,35+,36+,37-,39+,41-/m0/s1. The molecule has 0 fully saturated rings. The van der Waals surface area contributed by atoms with E-state index in [1.165, 1.54) is 18.4 Å². The molecule has 0 unspecified atom stereocenters. The van der Waals surface area contributed by atoms with Crippen LogP contribution in [0, 0.1) is 29.6 Å². The molecule has 55 heavy (non-hydrogen) atoms. The summed E-state index contributed by atoms with van der Waals surface area (Å²) in [6, 6.07) is 9.40. The van der Waals surface area contributed by atoms with E-state index in [1.807, 2.05) is 61.6 Å². The number of ether oxygens (including phenoxy) is 1. The monoisotopic (exact) mass is 783 g/mol. The first-order chi connectivity index (χ1) is 26.1. The molecule has 8 atom stereocenters. The maximum atomic E-state index is 14.8. The third-order valence-corrected chi connectivity index (χ3v) is 12.5. The summed E-state index contributed by atoms with van der Waals surface area (Å²) in [4.78, 5) is 63.9. The van der Waals surface area contributed by atoms with Gasteiger partial charge in [-0.1, -0.05) is 118 Å². The zero-order valence-corrected chi connectivity index (χ0v) is 37.0. The van der Waals surface area contributed by atoms with Crippen LogP contribution in [0.25, 0.3) is 0 Å². The van der Waals surface area contributed by atoms with Crippen LogP contribution in [0.2, 0.25) is 0 Å². The maximum absolute atomic E-state index is 14.8. The Morgan fingerprint density at radius 2 is 1.55 bits per heavy atom. The van der Waals surface area contributed by atoms with Crippen LogP contribution in [0.5, 0.6) is 0 Å². The molecule has 0 bridgehead atoms. The zero-order chi connectivity index (χ0) is 41.2. The average molecular weight is 783 g/mol. The molecule has 9 nitrogen and oxygen atoms in total. The third kappa shape index (κ3) is 14.7. The van der Waals surface area contributed by atoms with Gasteiger partial charge in [0.25, 0.3) is 5.91 Å². The van der Waals surface area contributed by atoms with E-state index in [2.05, 4.69) is 65.6 Å². The number of thiazole rings is 1. The van der Waals surface area contributed by atoms with Crippen molar-refractivity contribution in [3.63, 3.8) is 0 Å². The predicted molar refractivity (Wildman–Crippen MR) is 226 cm³/mol. The van der Waals surface area contributed by atoms with Gasteiger partial charge in [-0.2, -0.15) is 0 Å². The van der Waals surface area contributed by atoms with Crippen molar-refractivity contribution in [3.05, 3.63) is 52.0 Å². The van der Waals surface area contributed by atoms with Crippen molar-refractivity contribution >= 4 is 34.9 Å². The van der Waals surface area contributed by atoms with Gasteiger partial charge in [0.2, 0.25) is 5.91 Å². The van der Waals surface area contributed by atoms with Gasteiger partial charge in [0, 0.05) is 42.3 Å². The van der Waals surface area contributed by atoms with Gasteiger partial charge in [-0.25, -0.2) is 4.98 Å². The molecule has 0 aliphatic heterocycles. The van der Waals surface area contributed by atoms with Gasteiger partial charge in [0.15, 0.2) is 5.78 Å². The van der Waals surface area contributed by atoms with E-state index in [1.54, 1.807) is 0 Å². The molecule has 2 amide bonds. The largest absolute Gasteiger partial charge is 0.469 e. The summed E-state index contributed by atoms with van der Waals surface area (Å²) in [6.45, 7) is 19.6. The number of unbranched alkanes of at least 4 members (excludes halogenated alkanes) is 1. The number of likely N-dealkylation sites (N-methyl/N-ethyl adjacent to an activating group) is 1. The highest BCUT2D eigenvalue weighted by Crippen LogP contribution is 2.35. The number of hydrogen-bond donors (Lipinski definition) is 1. The molecule has 2 aromatic rings. The van der Waals surface area contributed by atoms with E-state index in [0.29, 0.717) is 25.1 Å². The van der Waals surface area contributed by atoms with Gasteiger partial charge in [0.1, 0.15) is 5.69 Å². The number of hydrogen-bond acceptors (Lipinski definition) is 8. The number of carbonyl (C=O) groups excluding carboxylic acids is 4. The average Bonchev–Trinajstić information content (AvgIpc) is 3.66. The van der Waals surface area contributed by atoms with Gasteiger partial charge in [-0.3, -0.25) is 24.1 Å². The molecule has 2 rings (SSSR count). The Hall–Kier alpha value is -3.11. The first kappa shape index (κ1) is 48.0. The van der Waals surface area contributed by atoms with Crippen LogP contribution in [0.15, 0.2) is 35.7 Å². The topological polar surface area (TPSA) is 109 Å². The molecule has 310 valence electrons. The summed E-state index contributed by atoms with van der Waals surface area (Å²) in [6.07, 6.45) is 7.49. The van der Waals surface area contributed by atoms with Crippen LogP contribution < -0.4 is 5.32 Å². The highest BCUT2D eigenvalue weighted by molar-refractivity contribution is 7.09. The SMILES string of the molecule is CCCC[C@H](C[C@H](C(C)C)N(CCC)C(=O)[C@@H](CC(=O)[C@H]([C@@H](C)CC)N(C)C)[C@@H](C)CC)c1nc(C(=O)N[C@@H](Cc2ccccc2)C[C@H](C)C(=O)OC)cs1. The van der Waals surface area contributed by atoms with Crippen LogP contribution in [-0.2, 0) is 25.5 Å². The molecule has 0 saturated heterocycles. The Kier molecular flexibility index (Phi) is 21.4. The van der Waals surface area contributed by atoms with Crippen LogP contribution in [0.4, 0.5) is 0 Å². The van der Waals surface area contributed by atoms with E-state index in [9.17, 15) is 19.2 Å². The Labute approximate surface area is 337 Å². The summed E-state index contributed by atoms with van der Waals surface area (Å²) in [5.74, 6) is -0.563. The van der Waals surface area contributed by atoms with Crippen LogP contribution in [-0.4, -0.2) is 84.2 Å². The normalized spacial score (nSPS) is 16.1. The van der Waals surface area contributed by atoms with Crippen molar-refractivity contribution in [1.82, 2.24) is 20.1 Å². The molecule has 1 aromatic heterocycles. The first-order valence-electron chi connectivity index (χ1n) is 21.0. The Balaban J connectivity index is 2.42. The van der Waals surface area contributed by atoms with Gasteiger partial charge < -0.3 is 15.0 Å². The number of nitrogens with one attached hydrogen (secondary N) is 1. The van der Waals surface area contributed by atoms with Crippen molar-refractivity contribution in [2.45, 2.75) is 151 Å². The number of rotatable bonds is 26. The van der Waals surface area contributed by atoms with Crippen LogP contribution in [0.1, 0.15) is 147 Å². The van der Waals surface area contributed by atoms with Crippen molar-refractivity contribution in [3.8, 4) is 0 Å². The summed E-state index contributed by atoms with van der Waals surface area (Å²) >= 11 is 1.51. The second-order valence-corrected chi connectivity index (χ2v) is 17.4. The fraction of sp³-hybridized carbons (Fsp3) is 0.711. The molecule has 10 heteroatoms. The Bertz CT molecular complexity index is 1450. The summed E-state index contributed by atoms with van der Waals surface area (Å²) in [5, 5.41) is 5.93. The molecule has 0 radical (unpaired) electrons. The lowest BCUT2D eigenvalue weighted by Gasteiger charge is -2.40. The number of amides is 2. The highest BCUT2D eigenvalue weighted by atomic mass is 32.1. The minimum absolute atomic E-state index is 0.0496. The van der Waals surface area contributed by atoms with Crippen molar-refractivity contribution in [2.75, 3.05) is 27.7 Å². The zero-order valence-electron chi connectivity index (χ0n) is 36.2. The van der Waals surface area contributed by atoms with E-state index >= 15 is 0 Å². The molecular weight excluding hydrogens is 709 g/mol. The fourth-order valence-corrected chi connectivity index (χ4v) is 8.83. The van der Waals surface area contributed by atoms with Crippen molar-refractivity contribution < 1.29 is 23.9 Å². The number of esters is 1. The van der Waals surface area contributed by atoms with Crippen molar-refractivity contribution in [2.24, 2.45) is 29.6 Å². The second kappa shape index (κ2) is 24.5. The first-order valence-corrected chi connectivity index (χ1v) is 21.9. The van der Waals surface area contributed by atoms with E-state index in [0.717, 1.165) is 55.5 Å². The number of Topliss-reactive ketones (excluding diaryl/α,β-unsaturated/α-hetero) is 1. The molecule has 1 aromatic carbocycles. The molecule has 0 aliphatic rings. The lowest BCUT2D eigenvalue weighted by Crippen LogP contribution is -2.50. The van der Waals surface area contributed by atoms with E-state index < -0.39 is 0 Å². The molecule has 0 aliphatic carbocycles.